The van der Waals surface area contributed by atoms with Gasteiger partial charge in [0.2, 0.25) is 0 Å². The van der Waals surface area contributed by atoms with Crippen molar-refractivity contribution < 1.29 is 4.74 Å². The van der Waals surface area contributed by atoms with Gasteiger partial charge >= 0.3 is 0 Å². The third-order valence-corrected chi connectivity index (χ3v) is 4.31. The lowest BCUT2D eigenvalue weighted by Gasteiger charge is -2.11. The SMILES string of the molecule is CCNC(=NCCCn1nc(C)cc1C)NCCCc1cccc(OC)c1.I. The molecule has 1 heterocycles. The Morgan fingerprint density at radius 2 is 2.00 bits per heavy atom. The molecule has 0 aliphatic carbocycles. The van der Waals surface area contributed by atoms with E-state index in [-0.39, 0.29) is 24.0 Å². The normalized spacial score (nSPS) is 11.1. The van der Waals surface area contributed by atoms with E-state index < -0.39 is 0 Å². The van der Waals surface area contributed by atoms with Crippen LogP contribution >= 0.6 is 24.0 Å². The second kappa shape index (κ2) is 13.4. The number of ether oxygens (including phenoxy) is 1. The summed E-state index contributed by atoms with van der Waals surface area (Å²) in [4.78, 5) is 4.67. The third-order valence-electron chi connectivity index (χ3n) is 4.31. The van der Waals surface area contributed by atoms with Crippen molar-refractivity contribution >= 4 is 29.9 Å². The summed E-state index contributed by atoms with van der Waals surface area (Å²) >= 11 is 0. The molecule has 0 atom stereocenters. The molecule has 2 aromatic rings. The molecule has 2 N–H and O–H groups in total. The molecule has 0 fully saturated rings. The highest BCUT2D eigenvalue weighted by molar-refractivity contribution is 14.0. The van der Waals surface area contributed by atoms with Gasteiger partial charge in [0.1, 0.15) is 5.75 Å². The third kappa shape index (κ3) is 8.50. The molecule has 1 aromatic heterocycles. The number of halogens is 1. The van der Waals surface area contributed by atoms with Crippen LogP contribution in [0.4, 0.5) is 0 Å². The first-order chi connectivity index (χ1) is 13.1. The number of methoxy groups -OCH3 is 1. The van der Waals surface area contributed by atoms with Gasteiger partial charge in [-0.25, -0.2) is 0 Å². The predicted octanol–water partition coefficient (Wildman–Crippen LogP) is 3.70. The summed E-state index contributed by atoms with van der Waals surface area (Å²) in [5, 5.41) is 11.2. The van der Waals surface area contributed by atoms with Gasteiger partial charge < -0.3 is 15.4 Å². The van der Waals surface area contributed by atoms with Crippen LogP contribution in [0.1, 0.15) is 36.7 Å². The van der Waals surface area contributed by atoms with Crippen molar-refractivity contribution in [3.05, 3.63) is 47.3 Å². The van der Waals surface area contributed by atoms with E-state index in [4.69, 9.17) is 4.74 Å². The zero-order valence-corrected chi connectivity index (χ0v) is 19.8. The van der Waals surface area contributed by atoms with Crippen molar-refractivity contribution in [1.82, 2.24) is 20.4 Å². The van der Waals surface area contributed by atoms with Crippen molar-refractivity contribution in [2.45, 2.75) is 46.6 Å². The second-order valence-electron chi connectivity index (χ2n) is 6.65. The van der Waals surface area contributed by atoms with Crippen molar-refractivity contribution in [2.24, 2.45) is 4.99 Å². The van der Waals surface area contributed by atoms with Crippen LogP contribution in [0.15, 0.2) is 35.3 Å². The second-order valence-corrected chi connectivity index (χ2v) is 6.65. The number of guanidine groups is 1. The van der Waals surface area contributed by atoms with Gasteiger partial charge in [0.15, 0.2) is 5.96 Å². The van der Waals surface area contributed by atoms with Crippen LogP contribution in [0.3, 0.4) is 0 Å². The molecule has 0 aliphatic rings. The Bertz CT molecular complexity index is 729. The molecule has 6 nitrogen and oxygen atoms in total. The number of benzene rings is 1. The molecule has 0 bridgehead atoms. The first kappa shape index (κ1) is 24.3. The Morgan fingerprint density at radius 1 is 1.18 bits per heavy atom. The highest BCUT2D eigenvalue weighted by Crippen LogP contribution is 2.13. The van der Waals surface area contributed by atoms with Crippen molar-refractivity contribution in [2.75, 3.05) is 26.7 Å². The molecule has 2 rings (SSSR count). The maximum absolute atomic E-state index is 5.28. The molecular weight excluding hydrogens is 465 g/mol. The number of aliphatic imine (C=N–C) groups is 1. The molecule has 156 valence electrons. The van der Waals surface area contributed by atoms with Crippen molar-refractivity contribution in [3.63, 3.8) is 0 Å². The quantitative estimate of drug-likeness (QED) is 0.227. The first-order valence-corrected chi connectivity index (χ1v) is 9.78. The first-order valence-electron chi connectivity index (χ1n) is 9.78. The van der Waals surface area contributed by atoms with E-state index in [1.165, 1.54) is 11.3 Å². The Balaban J connectivity index is 0.00000392. The van der Waals surface area contributed by atoms with Crippen LogP contribution in [0, 0.1) is 13.8 Å². The Hall–Kier alpha value is -1.77. The maximum atomic E-state index is 5.28. The minimum absolute atomic E-state index is 0. The summed E-state index contributed by atoms with van der Waals surface area (Å²) < 4.78 is 7.33. The van der Waals surface area contributed by atoms with Gasteiger partial charge in [-0.15, -0.1) is 24.0 Å². The fraction of sp³-hybridized carbons (Fsp3) is 0.524. The van der Waals surface area contributed by atoms with E-state index in [1.807, 2.05) is 19.1 Å². The highest BCUT2D eigenvalue weighted by atomic mass is 127. The molecule has 0 aliphatic heterocycles. The van der Waals surface area contributed by atoms with E-state index in [1.54, 1.807) is 7.11 Å². The average Bonchev–Trinajstić information content (AvgIpc) is 2.99. The molecule has 0 spiro atoms. The smallest absolute Gasteiger partial charge is 0.191 e. The van der Waals surface area contributed by atoms with Gasteiger partial charge in [-0.3, -0.25) is 9.67 Å². The number of aromatic nitrogens is 2. The van der Waals surface area contributed by atoms with Crippen LogP contribution in [0.5, 0.6) is 5.75 Å². The van der Waals surface area contributed by atoms with Gasteiger partial charge in [0.25, 0.3) is 0 Å². The van der Waals surface area contributed by atoms with Gasteiger partial charge in [0.05, 0.1) is 12.8 Å². The molecule has 7 heteroatoms. The highest BCUT2D eigenvalue weighted by Gasteiger charge is 2.01. The van der Waals surface area contributed by atoms with E-state index in [0.29, 0.717) is 0 Å². The van der Waals surface area contributed by atoms with Crippen LogP contribution < -0.4 is 15.4 Å². The lowest BCUT2D eigenvalue weighted by atomic mass is 10.1. The van der Waals surface area contributed by atoms with Gasteiger partial charge in [0, 0.05) is 31.9 Å². The molecule has 0 amide bonds. The zero-order valence-electron chi connectivity index (χ0n) is 17.5. The maximum Gasteiger partial charge on any atom is 0.191 e. The van der Waals surface area contributed by atoms with Gasteiger partial charge in [-0.1, -0.05) is 12.1 Å². The molecule has 0 radical (unpaired) electrons. The number of rotatable bonds is 10. The van der Waals surface area contributed by atoms with E-state index in [0.717, 1.165) is 62.8 Å². The van der Waals surface area contributed by atoms with Gasteiger partial charge in [-0.2, -0.15) is 5.10 Å². The molecule has 0 saturated heterocycles. The molecule has 0 saturated carbocycles. The van der Waals surface area contributed by atoms with Gasteiger partial charge in [-0.05, 0) is 63.8 Å². The van der Waals surface area contributed by atoms with Crippen LogP contribution in [-0.4, -0.2) is 42.5 Å². The summed E-state index contributed by atoms with van der Waals surface area (Å²) in [5.41, 5.74) is 3.57. The number of hydrogen-bond acceptors (Lipinski definition) is 3. The number of nitrogens with one attached hydrogen (secondary N) is 2. The van der Waals surface area contributed by atoms with Crippen molar-refractivity contribution in [3.8, 4) is 5.75 Å². The van der Waals surface area contributed by atoms with Crippen LogP contribution in [0.25, 0.3) is 0 Å². The van der Waals surface area contributed by atoms with E-state index >= 15 is 0 Å². The lowest BCUT2D eigenvalue weighted by Crippen LogP contribution is -2.38. The summed E-state index contributed by atoms with van der Waals surface area (Å²) in [6.45, 7) is 9.64. The van der Waals surface area contributed by atoms with E-state index in [9.17, 15) is 0 Å². The molecule has 28 heavy (non-hydrogen) atoms. The molecular formula is C21H34IN5O. The lowest BCUT2D eigenvalue weighted by molar-refractivity contribution is 0.414. The van der Waals surface area contributed by atoms with Crippen LogP contribution in [0.2, 0.25) is 0 Å². The summed E-state index contributed by atoms with van der Waals surface area (Å²) in [6, 6.07) is 10.4. The Morgan fingerprint density at radius 3 is 2.68 bits per heavy atom. The fourth-order valence-corrected chi connectivity index (χ4v) is 2.98. The average molecular weight is 499 g/mol. The topological polar surface area (TPSA) is 63.5 Å². The minimum Gasteiger partial charge on any atom is -0.497 e. The standard InChI is InChI=1S/C21H33N5O.HI/c1-5-22-21(24-13-8-14-26-18(3)15-17(2)25-26)23-12-7-10-19-9-6-11-20(16-19)27-4;/h6,9,11,15-16H,5,7-8,10,12-14H2,1-4H3,(H2,22,23,24);1H. The Labute approximate surface area is 186 Å². The predicted molar refractivity (Wildman–Crippen MR) is 127 cm³/mol. The van der Waals surface area contributed by atoms with E-state index in [2.05, 4.69) is 57.5 Å². The summed E-state index contributed by atoms with van der Waals surface area (Å²) in [7, 11) is 1.70. The summed E-state index contributed by atoms with van der Waals surface area (Å²) in [5.74, 6) is 1.80. The minimum atomic E-state index is 0. The molecule has 0 unspecified atom stereocenters. The van der Waals surface area contributed by atoms with Crippen LogP contribution in [-0.2, 0) is 13.0 Å². The number of hydrogen-bond donors (Lipinski definition) is 2. The molecule has 1 aromatic carbocycles. The van der Waals surface area contributed by atoms with Crippen molar-refractivity contribution in [1.29, 1.82) is 0 Å². The largest absolute Gasteiger partial charge is 0.497 e. The Kier molecular flexibility index (Phi) is 11.6. The monoisotopic (exact) mass is 499 g/mol. The number of aryl methyl sites for hydroxylation is 4. The fourth-order valence-electron chi connectivity index (χ4n) is 2.98. The number of nitrogens with zero attached hydrogens (tertiary/aromatic N) is 3. The summed E-state index contributed by atoms with van der Waals surface area (Å²) in [6.07, 6.45) is 3.03. The zero-order chi connectivity index (χ0) is 19.5.